The van der Waals surface area contributed by atoms with Crippen molar-refractivity contribution in [3.8, 4) is 0 Å². The Hall–Kier alpha value is -0.890. The quantitative estimate of drug-likeness (QED) is 0.817. The molecule has 2 atom stereocenters. The minimum Gasteiger partial charge on any atom is -0.299 e. The Labute approximate surface area is 107 Å². The van der Waals surface area contributed by atoms with E-state index < -0.39 is 0 Å². The third kappa shape index (κ3) is 3.06. The third-order valence-corrected chi connectivity index (χ3v) is 4.14. The van der Waals surface area contributed by atoms with Gasteiger partial charge in [-0.2, -0.15) is 0 Å². The molecule has 0 aliphatic heterocycles. The highest BCUT2D eigenvalue weighted by Gasteiger charge is 2.28. The Morgan fingerprint density at radius 2 is 2.35 bits per heavy atom. The van der Waals surface area contributed by atoms with E-state index in [0.29, 0.717) is 17.2 Å². The Morgan fingerprint density at radius 1 is 1.53 bits per heavy atom. The van der Waals surface area contributed by atoms with Gasteiger partial charge in [-0.25, -0.2) is 0 Å². The summed E-state index contributed by atoms with van der Waals surface area (Å²) in [6, 6.07) is 1.84. The summed E-state index contributed by atoms with van der Waals surface area (Å²) < 4.78 is 0. The van der Waals surface area contributed by atoms with Crippen LogP contribution in [0.1, 0.15) is 38.2 Å². The number of Topliss-reactive ketones (excluding diaryl/α,β-unsaturated/α-hetero) is 1. The second-order valence-corrected chi connectivity index (χ2v) is 5.30. The van der Waals surface area contributed by atoms with Crippen LogP contribution >= 0.6 is 11.6 Å². The summed E-state index contributed by atoms with van der Waals surface area (Å²) in [7, 11) is 0. The van der Waals surface area contributed by atoms with Gasteiger partial charge in [-0.3, -0.25) is 9.78 Å². The first-order chi connectivity index (χ1) is 8.20. The number of hydrogen-bond donors (Lipinski definition) is 0. The first-order valence-electron chi connectivity index (χ1n) is 6.31. The summed E-state index contributed by atoms with van der Waals surface area (Å²) in [5.41, 5.74) is 0.909. The van der Waals surface area contributed by atoms with Crippen molar-refractivity contribution in [3.05, 3.63) is 29.0 Å². The second kappa shape index (κ2) is 5.63. The van der Waals surface area contributed by atoms with E-state index in [-0.39, 0.29) is 5.92 Å². The minimum atomic E-state index is 0.254. The number of hydrogen-bond acceptors (Lipinski definition) is 2. The molecule has 0 bridgehead atoms. The molecule has 2 unspecified atom stereocenters. The van der Waals surface area contributed by atoms with Crippen LogP contribution in [0.4, 0.5) is 0 Å². The van der Waals surface area contributed by atoms with Crippen molar-refractivity contribution in [2.45, 2.75) is 39.0 Å². The molecule has 0 amide bonds. The van der Waals surface area contributed by atoms with Gasteiger partial charge in [0.15, 0.2) is 0 Å². The monoisotopic (exact) mass is 251 g/mol. The average molecular weight is 252 g/mol. The van der Waals surface area contributed by atoms with Crippen molar-refractivity contribution in [3.63, 3.8) is 0 Å². The van der Waals surface area contributed by atoms with E-state index in [4.69, 9.17) is 11.6 Å². The molecule has 1 saturated carbocycles. The van der Waals surface area contributed by atoms with Gasteiger partial charge < -0.3 is 0 Å². The van der Waals surface area contributed by atoms with Crippen LogP contribution in [0.2, 0.25) is 5.02 Å². The van der Waals surface area contributed by atoms with Gasteiger partial charge in [0.05, 0.1) is 5.02 Å². The van der Waals surface area contributed by atoms with E-state index in [9.17, 15) is 4.79 Å². The maximum absolute atomic E-state index is 12.1. The van der Waals surface area contributed by atoms with Crippen LogP contribution in [0.3, 0.4) is 0 Å². The standard InChI is InChI=1S/C14H18ClNO/c1-2-10-3-4-12(7-10)14(17)8-11-5-6-16-9-13(11)15/h5-6,9-10,12H,2-4,7-8H2,1H3. The van der Waals surface area contributed by atoms with Gasteiger partial charge >= 0.3 is 0 Å². The molecule has 1 aromatic rings. The van der Waals surface area contributed by atoms with E-state index in [1.54, 1.807) is 12.4 Å². The molecule has 1 aromatic heterocycles. The smallest absolute Gasteiger partial charge is 0.140 e. The van der Waals surface area contributed by atoms with E-state index in [1.165, 1.54) is 12.8 Å². The van der Waals surface area contributed by atoms with Crippen molar-refractivity contribution >= 4 is 17.4 Å². The van der Waals surface area contributed by atoms with Gasteiger partial charge in [-0.05, 0) is 36.8 Å². The van der Waals surface area contributed by atoms with Crippen LogP contribution in [-0.2, 0) is 11.2 Å². The Morgan fingerprint density at radius 3 is 3.00 bits per heavy atom. The number of nitrogens with zero attached hydrogens (tertiary/aromatic N) is 1. The fraction of sp³-hybridized carbons (Fsp3) is 0.571. The lowest BCUT2D eigenvalue weighted by atomic mass is 9.95. The molecule has 92 valence electrons. The maximum Gasteiger partial charge on any atom is 0.140 e. The summed E-state index contributed by atoms with van der Waals surface area (Å²) in [6.07, 6.45) is 8.28. The molecule has 0 N–H and O–H groups in total. The zero-order valence-electron chi connectivity index (χ0n) is 10.2. The number of pyridine rings is 1. The van der Waals surface area contributed by atoms with Crippen LogP contribution < -0.4 is 0 Å². The normalized spacial score (nSPS) is 23.9. The van der Waals surface area contributed by atoms with E-state index in [0.717, 1.165) is 24.3 Å². The first kappa shape index (κ1) is 12.6. The number of carbonyl (C=O) groups excluding carboxylic acids is 1. The highest BCUT2D eigenvalue weighted by atomic mass is 35.5. The van der Waals surface area contributed by atoms with Gasteiger partial charge in [0.2, 0.25) is 0 Å². The fourth-order valence-corrected chi connectivity index (χ4v) is 2.80. The van der Waals surface area contributed by atoms with E-state index >= 15 is 0 Å². The zero-order valence-corrected chi connectivity index (χ0v) is 10.9. The molecule has 0 saturated heterocycles. The summed E-state index contributed by atoms with van der Waals surface area (Å²) in [5.74, 6) is 1.34. The lowest BCUT2D eigenvalue weighted by Crippen LogP contribution is -2.14. The van der Waals surface area contributed by atoms with Gasteiger partial charge in [0.1, 0.15) is 5.78 Å². The molecule has 0 aromatic carbocycles. The molecular formula is C14H18ClNO. The predicted molar refractivity (Wildman–Crippen MR) is 69.1 cm³/mol. The molecule has 1 fully saturated rings. The van der Waals surface area contributed by atoms with E-state index in [1.807, 2.05) is 6.07 Å². The van der Waals surface area contributed by atoms with Gasteiger partial charge in [-0.1, -0.05) is 24.9 Å². The highest BCUT2D eigenvalue weighted by molar-refractivity contribution is 6.31. The molecule has 1 heterocycles. The molecule has 3 heteroatoms. The van der Waals surface area contributed by atoms with Gasteiger partial charge in [0, 0.05) is 24.7 Å². The molecular weight excluding hydrogens is 234 g/mol. The largest absolute Gasteiger partial charge is 0.299 e. The van der Waals surface area contributed by atoms with Crippen LogP contribution in [0.15, 0.2) is 18.5 Å². The molecule has 0 spiro atoms. The topological polar surface area (TPSA) is 30.0 Å². The number of carbonyl (C=O) groups is 1. The highest BCUT2D eigenvalue weighted by Crippen LogP contribution is 2.34. The van der Waals surface area contributed by atoms with Crippen molar-refractivity contribution < 1.29 is 4.79 Å². The first-order valence-corrected chi connectivity index (χ1v) is 6.69. The number of aromatic nitrogens is 1. The molecule has 1 aliphatic carbocycles. The minimum absolute atomic E-state index is 0.254. The lowest BCUT2D eigenvalue weighted by Gasteiger charge is -2.09. The van der Waals surface area contributed by atoms with E-state index in [2.05, 4.69) is 11.9 Å². The van der Waals surface area contributed by atoms with Crippen LogP contribution in [0.5, 0.6) is 0 Å². The second-order valence-electron chi connectivity index (χ2n) is 4.89. The Balaban J connectivity index is 1.96. The maximum atomic E-state index is 12.1. The van der Waals surface area contributed by atoms with Gasteiger partial charge in [-0.15, -0.1) is 0 Å². The molecule has 2 rings (SSSR count). The molecule has 17 heavy (non-hydrogen) atoms. The predicted octanol–water partition coefficient (Wildman–Crippen LogP) is 3.67. The number of rotatable bonds is 4. The Kier molecular flexibility index (Phi) is 4.16. The number of halogens is 1. The summed E-state index contributed by atoms with van der Waals surface area (Å²) in [5, 5.41) is 0.603. The molecule has 2 nitrogen and oxygen atoms in total. The van der Waals surface area contributed by atoms with Gasteiger partial charge in [0.25, 0.3) is 0 Å². The Bertz CT molecular complexity index is 405. The summed E-state index contributed by atoms with van der Waals surface area (Å²) >= 11 is 6.02. The van der Waals surface area contributed by atoms with Crippen molar-refractivity contribution in [2.24, 2.45) is 11.8 Å². The fourth-order valence-electron chi connectivity index (χ4n) is 2.62. The molecule has 1 aliphatic rings. The van der Waals surface area contributed by atoms with Crippen LogP contribution in [0.25, 0.3) is 0 Å². The summed E-state index contributed by atoms with van der Waals surface area (Å²) in [6.45, 7) is 2.21. The number of ketones is 1. The lowest BCUT2D eigenvalue weighted by molar-refractivity contribution is -0.122. The van der Waals surface area contributed by atoms with Crippen molar-refractivity contribution in [1.29, 1.82) is 0 Å². The summed E-state index contributed by atoms with van der Waals surface area (Å²) in [4.78, 5) is 16.1. The SMILES string of the molecule is CCC1CCC(C(=O)Cc2ccncc2Cl)C1. The van der Waals surface area contributed by atoms with Crippen LogP contribution in [0, 0.1) is 11.8 Å². The van der Waals surface area contributed by atoms with Crippen molar-refractivity contribution in [2.75, 3.05) is 0 Å². The third-order valence-electron chi connectivity index (χ3n) is 3.80. The van der Waals surface area contributed by atoms with Crippen molar-refractivity contribution in [1.82, 2.24) is 4.98 Å². The zero-order chi connectivity index (χ0) is 12.3. The molecule has 0 radical (unpaired) electrons. The average Bonchev–Trinajstić information content (AvgIpc) is 2.81. The van der Waals surface area contributed by atoms with Crippen LogP contribution in [-0.4, -0.2) is 10.8 Å².